The Morgan fingerprint density at radius 3 is 0.929 bits per heavy atom. The molecule has 0 spiro atoms. The van der Waals surface area contributed by atoms with Gasteiger partial charge in [0.2, 0.25) is 0 Å². The number of rotatable bonds is 3. The van der Waals surface area contributed by atoms with E-state index < -0.39 is 7.25 Å². The van der Waals surface area contributed by atoms with Gasteiger partial charge in [0, 0.05) is 24.8 Å². The smallest absolute Gasteiger partial charge is 0.418 e. The summed E-state index contributed by atoms with van der Waals surface area (Å²) < 4.78 is 39.0. The van der Waals surface area contributed by atoms with Crippen LogP contribution in [0.1, 0.15) is 0 Å². The van der Waals surface area contributed by atoms with E-state index in [-0.39, 0.29) is 20.1 Å². The fourth-order valence-electron chi connectivity index (χ4n) is 3.18. The summed E-state index contributed by atoms with van der Waals surface area (Å²) in [4.78, 5) is 16.8. The van der Waals surface area contributed by atoms with E-state index >= 15 is 0 Å². The van der Waals surface area contributed by atoms with E-state index in [1.54, 1.807) is 24.8 Å². The average molecular weight is 744 g/mol. The average Bonchev–Trinajstić information content (AvgIpc) is 3.04. The first kappa shape index (κ1) is 33.7. The van der Waals surface area contributed by atoms with Gasteiger partial charge in [-0.2, -0.15) is 0 Å². The molecule has 4 aromatic heterocycles. The summed E-state index contributed by atoms with van der Waals surface area (Å²) in [5, 5.41) is 0. The van der Waals surface area contributed by atoms with Gasteiger partial charge < -0.3 is 27.2 Å². The quantitative estimate of drug-likeness (QED) is 0.104. The van der Waals surface area contributed by atoms with Gasteiger partial charge in [0.05, 0.1) is 11.4 Å². The van der Waals surface area contributed by atoms with Gasteiger partial charge in [0.15, 0.2) is 0 Å². The maximum absolute atomic E-state index is 9.75. The van der Waals surface area contributed by atoms with Crippen molar-refractivity contribution >= 4 is 7.25 Å². The number of halogens is 4. The first-order valence-electron chi connectivity index (χ1n) is 12.4. The minimum Gasteiger partial charge on any atom is -0.418 e. The first-order valence-corrected chi connectivity index (χ1v) is 12.4. The molecule has 0 bridgehead atoms. The molecule has 10 heteroatoms. The summed E-state index contributed by atoms with van der Waals surface area (Å²) in [6, 6.07) is 45.2. The second-order valence-corrected chi connectivity index (χ2v) is 7.91. The van der Waals surface area contributed by atoms with E-state index in [1.807, 2.05) is 121 Å². The van der Waals surface area contributed by atoms with Gasteiger partial charge in [-0.25, -0.2) is 0 Å². The maximum Gasteiger partial charge on any atom is 3.00 e. The Bertz CT molecular complexity index is 1210. The standard InChI is InChI=1S/2C11H8N.C10H8N2.BF4.Ir/c2*1-2-6-10(7-3-1)11-8-4-5-9-12-11;1-3-7-11-9(5-1)10-6-2-4-8-12-10;2-1(3,4)5;/h2*1-6,8-9H;1-8H;;/q2*-1;;-1;+3. The number of hydrogen-bond donors (Lipinski definition) is 0. The van der Waals surface area contributed by atoms with Crippen molar-refractivity contribution in [3.05, 3.63) is 158 Å². The number of hydrogen-bond acceptors (Lipinski definition) is 4. The van der Waals surface area contributed by atoms with Crippen molar-refractivity contribution < 1.29 is 37.4 Å². The van der Waals surface area contributed by atoms with Gasteiger partial charge >= 0.3 is 27.4 Å². The van der Waals surface area contributed by atoms with Crippen LogP contribution in [0.25, 0.3) is 33.9 Å². The molecule has 42 heavy (non-hydrogen) atoms. The maximum atomic E-state index is 9.75. The Labute approximate surface area is 256 Å². The molecule has 0 aliphatic carbocycles. The van der Waals surface area contributed by atoms with Crippen LogP contribution in [0, 0.1) is 12.1 Å². The predicted octanol–water partition coefficient (Wildman–Crippen LogP) is 8.54. The van der Waals surface area contributed by atoms with Gasteiger partial charge in [0.25, 0.3) is 0 Å². The summed E-state index contributed by atoms with van der Waals surface area (Å²) in [5.74, 6) is 0. The third kappa shape index (κ3) is 13.7. The zero-order chi connectivity index (χ0) is 29.2. The van der Waals surface area contributed by atoms with Crippen LogP contribution in [0.5, 0.6) is 0 Å². The fourth-order valence-corrected chi connectivity index (χ4v) is 3.18. The van der Waals surface area contributed by atoms with Gasteiger partial charge in [0.1, 0.15) is 0 Å². The second-order valence-electron chi connectivity index (χ2n) is 7.91. The molecule has 4 nitrogen and oxygen atoms in total. The minimum atomic E-state index is -6.00. The molecule has 0 saturated heterocycles. The Kier molecular flexibility index (Phi) is 15.0. The van der Waals surface area contributed by atoms with Gasteiger partial charge in [-0.3, -0.25) is 9.97 Å². The Morgan fingerprint density at radius 1 is 0.405 bits per heavy atom. The SMILES string of the molecule is F[B-](F)(F)F.[Ir+3].[c-]1ccccc1-c1ccccn1.[c-]1ccccc1-c1ccccn1.c1ccc(-c2ccccn2)nc1. The van der Waals surface area contributed by atoms with Gasteiger partial charge in [-0.15, -0.1) is 71.8 Å². The number of benzene rings is 2. The van der Waals surface area contributed by atoms with Crippen LogP contribution >= 0.6 is 0 Å². The number of nitrogens with zero attached hydrogens (tertiary/aromatic N) is 4. The fraction of sp³-hybridized carbons (Fsp3) is 0. The monoisotopic (exact) mass is 744 g/mol. The molecule has 0 aliphatic heterocycles. The summed E-state index contributed by atoms with van der Waals surface area (Å²) in [5.41, 5.74) is 5.85. The summed E-state index contributed by atoms with van der Waals surface area (Å²) in [6.07, 6.45) is 7.11. The molecule has 0 radical (unpaired) electrons. The van der Waals surface area contributed by atoms with E-state index in [1.165, 1.54) is 0 Å². The van der Waals surface area contributed by atoms with Crippen LogP contribution in [0.15, 0.2) is 146 Å². The first-order chi connectivity index (χ1) is 19.9. The summed E-state index contributed by atoms with van der Waals surface area (Å²) in [7, 11) is -6.00. The molecule has 0 aliphatic rings. The minimum absolute atomic E-state index is 0. The molecule has 4 heterocycles. The molecule has 0 amide bonds. The molecule has 0 N–H and O–H groups in total. The predicted molar refractivity (Wildman–Crippen MR) is 155 cm³/mol. The van der Waals surface area contributed by atoms with E-state index in [9.17, 15) is 17.3 Å². The number of aromatic nitrogens is 4. The van der Waals surface area contributed by atoms with Crippen molar-refractivity contribution in [1.82, 2.24) is 19.9 Å². The molecule has 0 unspecified atom stereocenters. The van der Waals surface area contributed by atoms with Crippen molar-refractivity contribution in [3.8, 4) is 33.9 Å². The third-order valence-corrected chi connectivity index (χ3v) is 4.89. The van der Waals surface area contributed by atoms with Crippen LogP contribution in [0.3, 0.4) is 0 Å². The van der Waals surface area contributed by atoms with E-state index in [0.29, 0.717) is 0 Å². The third-order valence-electron chi connectivity index (χ3n) is 4.89. The van der Waals surface area contributed by atoms with Gasteiger partial charge in [-0.1, -0.05) is 36.4 Å². The topological polar surface area (TPSA) is 51.6 Å². The normalized spacial score (nSPS) is 9.71. The Balaban J connectivity index is 0.000000202. The van der Waals surface area contributed by atoms with Gasteiger partial charge in [-0.05, 0) is 47.8 Å². The van der Waals surface area contributed by atoms with Crippen LogP contribution in [-0.2, 0) is 20.1 Å². The van der Waals surface area contributed by atoms with E-state index in [4.69, 9.17) is 0 Å². The zero-order valence-corrected chi connectivity index (χ0v) is 24.5. The second kappa shape index (κ2) is 18.8. The van der Waals surface area contributed by atoms with Crippen molar-refractivity contribution in [3.63, 3.8) is 0 Å². The molecule has 0 fully saturated rings. The summed E-state index contributed by atoms with van der Waals surface area (Å²) in [6.45, 7) is 0. The molecule has 2 aromatic carbocycles. The van der Waals surface area contributed by atoms with Crippen molar-refractivity contribution in [1.29, 1.82) is 0 Å². The van der Waals surface area contributed by atoms with E-state index in [0.717, 1.165) is 33.9 Å². The Morgan fingerprint density at radius 2 is 0.690 bits per heavy atom. The molecule has 6 rings (SSSR count). The molecule has 212 valence electrons. The van der Waals surface area contributed by atoms with Crippen LogP contribution in [-0.4, -0.2) is 27.2 Å². The Hall–Kier alpha value is -4.53. The molecular formula is C32H24BF4IrN4. The zero-order valence-electron chi connectivity index (χ0n) is 22.1. The van der Waals surface area contributed by atoms with Crippen LogP contribution in [0.4, 0.5) is 17.3 Å². The molecule has 0 saturated carbocycles. The van der Waals surface area contributed by atoms with E-state index in [2.05, 4.69) is 32.1 Å². The summed E-state index contributed by atoms with van der Waals surface area (Å²) >= 11 is 0. The molecular weight excluding hydrogens is 719 g/mol. The largest absolute Gasteiger partial charge is 3.00 e. The van der Waals surface area contributed by atoms with Crippen LogP contribution < -0.4 is 0 Å². The number of pyridine rings is 4. The van der Waals surface area contributed by atoms with Crippen molar-refractivity contribution in [2.24, 2.45) is 0 Å². The van der Waals surface area contributed by atoms with Crippen LogP contribution in [0.2, 0.25) is 0 Å². The van der Waals surface area contributed by atoms with Crippen molar-refractivity contribution in [2.75, 3.05) is 0 Å². The molecule has 0 atom stereocenters. The van der Waals surface area contributed by atoms with Crippen molar-refractivity contribution in [2.45, 2.75) is 0 Å². The molecule has 6 aromatic rings.